The van der Waals surface area contributed by atoms with Crippen LogP contribution >= 0.6 is 11.6 Å². The zero-order chi connectivity index (χ0) is 20.1. The standard InChI is InChI=1S/C21H22ClNO5/c1-13(2)28-21-16(22)10-14(11-19(21)25-3)4-7-20(24)23-15-5-6-17-18(12-15)27-9-8-26-17/h4-7,10-13H,8-9H2,1-3H3,(H,23,24)/b7-4+. The number of amides is 1. The fourth-order valence-electron chi connectivity index (χ4n) is 2.66. The molecule has 1 aliphatic heterocycles. The molecule has 2 aromatic rings. The first kappa shape index (κ1) is 19.9. The van der Waals surface area contributed by atoms with Crippen LogP contribution < -0.4 is 24.3 Å². The molecule has 0 bridgehead atoms. The van der Waals surface area contributed by atoms with Gasteiger partial charge in [-0.1, -0.05) is 11.6 Å². The maximum Gasteiger partial charge on any atom is 0.248 e. The number of methoxy groups -OCH3 is 1. The molecule has 0 atom stereocenters. The van der Waals surface area contributed by atoms with Gasteiger partial charge in [-0.3, -0.25) is 4.79 Å². The Morgan fingerprint density at radius 1 is 1.18 bits per heavy atom. The SMILES string of the molecule is COc1cc(/C=C/C(=O)Nc2ccc3c(c2)OCCO3)cc(Cl)c1OC(C)C. The number of halogens is 1. The number of ether oxygens (including phenoxy) is 4. The Labute approximate surface area is 169 Å². The van der Waals surface area contributed by atoms with Gasteiger partial charge in [0.1, 0.15) is 13.2 Å². The van der Waals surface area contributed by atoms with Crippen LogP contribution in [0.3, 0.4) is 0 Å². The summed E-state index contributed by atoms with van der Waals surface area (Å²) in [5.41, 5.74) is 1.34. The third-order valence-corrected chi connectivity index (χ3v) is 4.12. The molecule has 0 spiro atoms. The summed E-state index contributed by atoms with van der Waals surface area (Å²) in [6.07, 6.45) is 3.04. The van der Waals surface area contributed by atoms with E-state index in [0.717, 1.165) is 5.56 Å². The summed E-state index contributed by atoms with van der Waals surface area (Å²) in [5.74, 6) is 2.00. The first-order valence-corrected chi connectivity index (χ1v) is 9.27. The van der Waals surface area contributed by atoms with Crippen molar-refractivity contribution < 1.29 is 23.7 Å². The molecule has 1 aliphatic rings. The zero-order valence-electron chi connectivity index (χ0n) is 16.0. The molecule has 0 fully saturated rings. The smallest absolute Gasteiger partial charge is 0.248 e. The van der Waals surface area contributed by atoms with Crippen molar-refractivity contribution in [3.63, 3.8) is 0 Å². The van der Waals surface area contributed by atoms with Crippen LogP contribution in [-0.2, 0) is 4.79 Å². The van der Waals surface area contributed by atoms with E-state index in [1.807, 2.05) is 13.8 Å². The van der Waals surface area contributed by atoms with Crippen molar-refractivity contribution in [3.05, 3.63) is 47.0 Å². The highest BCUT2D eigenvalue weighted by Crippen LogP contribution is 2.37. The molecule has 0 radical (unpaired) electrons. The van der Waals surface area contributed by atoms with Crippen molar-refractivity contribution >= 4 is 29.3 Å². The lowest BCUT2D eigenvalue weighted by Gasteiger charge is -2.18. The molecule has 0 aromatic heterocycles. The van der Waals surface area contributed by atoms with E-state index in [9.17, 15) is 4.79 Å². The van der Waals surface area contributed by atoms with Crippen LogP contribution in [0.25, 0.3) is 6.08 Å². The molecule has 148 valence electrons. The first-order chi connectivity index (χ1) is 13.5. The largest absolute Gasteiger partial charge is 0.493 e. The van der Waals surface area contributed by atoms with Crippen LogP contribution in [0.2, 0.25) is 5.02 Å². The van der Waals surface area contributed by atoms with E-state index in [0.29, 0.717) is 46.9 Å². The van der Waals surface area contributed by atoms with Crippen LogP contribution in [0.4, 0.5) is 5.69 Å². The van der Waals surface area contributed by atoms with Gasteiger partial charge >= 0.3 is 0 Å². The number of rotatable bonds is 6. The highest BCUT2D eigenvalue weighted by Gasteiger charge is 2.14. The Balaban J connectivity index is 1.71. The van der Waals surface area contributed by atoms with Gasteiger partial charge in [-0.2, -0.15) is 0 Å². The molecule has 0 saturated heterocycles. The van der Waals surface area contributed by atoms with Gasteiger partial charge in [0.05, 0.1) is 18.2 Å². The summed E-state index contributed by atoms with van der Waals surface area (Å²) in [6.45, 7) is 4.83. The summed E-state index contributed by atoms with van der Waals surface area (Å²) in [6, 6.07) is 8.74. The maximum atomic E-state index is 12.2. The average Bonchev–Trinajstić information content (AvgIpc) is 2.67. The second kappa shape index (κ2) is 8.89. The first-order valence-electron chi connectivity index (χ1n) is 8.89. The van der Waals surface area contributed by atoms with E-state index < -0.39 is 0 Å². The summed E-state index contributed by atoms with van der Waals surface area (Å²) >= 11 is 6.30. The Hall–Kier alpha value is -2.86. The lowest BCUT2D eigenvalue weighted by atomic mass is 10.1. The maximum absolute atomic E-state index is 12.2. The second-order valence-corrected chi connectivity index (χ2v) is 6.79. The molecule has 3 rings (SSSR count). The molecule has 0 saturated carbocycles. The Kier molecular flexibility index (Phi) is 6.31. The van der Waals surface area contributed by atoms with E-state index in [2.05, 4.69) is 5.32 Å². The molecule has 2 aromatic carbocycles. The van der Waals surface area contributed by atoms with Crippen LogP contribution in [0, 0.1) is 0 Å². The zero-order valence-corrected chi connectivity index (χ0v) is 16.7. The molecule has 1 amide bonds. The fourth-order valence-corrected chi connectivity index (χ4v) is 2.93. The minimum Gasteiger partial charge on any atom is -0.493 e. The third-order valence-electron chi connectivity index (χ3n) is 3.84. The van der Waals surface area contributed by atoms with Crippen LogP contribution in [0.15, 0.2) is 36.4 Å². The molecule has 1 N–H and O–H groups in total. The molecule has 6 nitrogen and oxygen atoms in total. The Morgan fingerprint density at radius 2 is 1.93 bits per heavy atom. The number of anilines is 1. The van der Waals surface area contributed by atoms with Crippen molar-refractivity contribution in [1.29, 1.82) is 0 Å². The van der Waals surface area contributed by atoms with E-state index >= 15 is 0 Å². The summed E-state index contributed by atoms with van der Waals surface area (Å²) in [7, 11) is 1.54. The fraction of sp³-hybridized carbons (Fsp3) is 0.286. The third kappa shape index (κ3) is 4.89. The van der Waals surface area contributed by atoms with Crippen molar-refractivity contribution in [3.8, 4) is 23.0 Å². The number of fused-ring (bicyclic) bond motifs is 1. The van der Waals surface area contributed by atoms with Gasteiger partial charge in [-0.25, -0.2) is 0 Å². The van der Waals surface area contributed by atoms with Crippen molar-refractivity contribution in [2.24, 2.45) is 0 Å². The predicted octanol–water partition coefficient (Wildman–Crippen LogP) is 4.56. The van der Waals surface area contributed by atoms with Gasteiger partial charge in [0, 0.05) is 17.8 Å². The number of carbonyl (C=O) groups is 1. The van der Waals surface area contributed by atoms with E-state index in [1.165, 1.54) is 6.08 Å². The molecule has 7 heteroatoms. The van der Waals surface area contributed by atoms with Gasteiger partial charge in [-0.15, -0.1) is 0 Å². The van der Waals surface area contributed by atoms with Crippen molar-refractivity contribution in [2.75, 3.05) is 25.6 Å². The topological polar surface area (TPSA) is 66.0 Å². The van der Waals surface area contributed by atoms with E-state index in [4.69, 9.17) is 30.5 Å². The van der Waals surface area contributed by atoms with Gasteiger partial charge in [0.25, 0.3) is 0 Å². The summed E-state index contributed by atoms with van der Waals surface area (Å²) in [4.78, 5) is 12.2. The average molecular weight is 404 g/mol. The molecule has 0 aliphatic carbocycles. The lowest BCUT2D eigenvalue weighted by Crippen LogP contribution is -2.16. The quantitative estimate of drug-likeness (QED) is 0.716. The number of hydrogen-bond donors (Lipinski definition) is 1. The van der Waals surface area contributed by atoms with E-state index in [-0.39, 0.29) is 12.0 Å². The number of benzene rings is 2. The summed E-state index contributed by atoms with van der Waals surface area (Å²) < 4.78 is 22.0. The van der Waals surface area contributed by atoms with Gasteiger partial charge < -0.3 is 24.3 Å². The van der Waals surface area contributed by atoms with Gasteiger partial charge in [0.15, 0.2) is 23.0 Å². The lowest BCUT2D eigenvalue weighted by molar-refractivity contribution is -0.111. The Bertz CT molecular complexity index is 895. The minimum absolute atomic E-state index is 0.0374. The second-order valence-electron chi connectivity index (χ2n) is 6.38. The van der Waals surface area contributed by atoms with Gasteiger partial charge in [-0.05, 0) is 49.8 Å². The summed E-state index contributed by atoms with van der Waals surface area (Å²) in [5, 5.41) is 3.21. The number of hydrogen-bond acceptors (Lipinski definition) is 5. The van der Waals surface area contributed by atoms with Crippen LogP contribution in [0.1, 0.15) is 19.4 Å². The molecule has 0 unspecified atom stereocenters. The van der Waals surface area contributed by atoms with Crippen LogP contribution in [-0.4, -0.2) is 32.3 Å². The molecule has 28 heavy (non-hydrogen) atoms. The normalized spacial score (nSPS) is 12.9. The van der Waals surface area contributed by atoms with Gasteiger partial charge in [0.2, 0.25) is 5.91 Å². The Morgan fingerprint density at radius 3 is 2.64 bits per heavy atom. The monoisotopic (exact) mass is 403 g/mol. The molecule has 1 heterocycles. The van der Waals surface area contributed by atoms with E-state index in [1.54, 1.807) is 43.5 Å². The predicted molar refractivity (Wildman–Crippen MR) is 109 cm³/mol. The van der Waals surface area contributed by atoms with Crippen LogP contribution in [0.5, 0.6) is 23.0 Å². The molecular formula is C21H22ClNO5. The number of carbonyl (C=O) groups excluding carboxylic acids is 1. The minimum atomic E-state index is -0.283. The van der Waals surface area contributed by atoms with Crippen molar-refractivity contribution in [1.82, 2.24) is 0 Å². The highest BCUT2D eigenvalue weighted by atomic mass is 35.5. The van der Waals surface area contributed by atoms with Crippen molar-refractivity contribution in [2.45, 2.75) is 20.0 Å². The number of nitrogens with one attached hydrogen (secondary N) is 1. The highest BCUT2D eigenvalue weighted by molar-refractivity contribution is 6.32. The molecular weight excluding hydrogens is 382 g/mol.